The van der Waals surface area contributed by atoms with Crippen molar-refractivity contribution >= 4 is 27.4 Å². The highest BCUT2D eigenvalue weighted by Gasteiger charge is 2.19. The lowest BCUT2D eigenvalue weighted by atomic mass is 10.1. The molecule has 6 nitrogen and oxygen atoms in total. The number of para-hydroxylation sites is 2. The zero-order valence-electron chi connectivity index (χ0n) is 11.2. The highest BCUT2D eigenvalue weighted by molar-refractivity contribution is 7.92. The van der Waals surface area contributed by atoms with Gasteiger partial charge in [0.2, 0.25) is 0 Å². The van der Waals surface area contributed by atoms with Gasteiger partial charge in [0.1, 0.15) is 0 Å². The van der Waals surface area contributed by atoms with E-state index in [9.17, 15) is 13.2 Å². The summed E-state index contributed by atoms with van der Waals surface area (Å²) < 4.78 is 27.1. The van der Waals surface area contributed by atoms with Gasteiger partial charge in [-0.3, -0.25) is 4.72 Å². The van der Waals surface area contributed by atoms with Gasteiger partial charge in [-0.25, -0.2) is 13.2 Å². The minimum atomic E-state index is -3.92. The van der Waals surface area contributed by atoms with E-state index in [0.717, 1.165) is 6.07 Å². The molecule has 0 aromatic heterocycles. The first-order chi connectivity index (χ1) is 9.81. The van der Waals surface area contributed by atoms with E-state index in [-0.39, 0.29) is 21.8 Å². The lowest BCUT2D eigenvalue weighted by Crippen LogP contribution is -2.16. The third-order valence-electron chi connectivity index (χ3n) is 2.93. The van der Waals surface area contributed by atoms with Crippen LogP contribution in [-0.2, 0) is 10.0 Å². The molecule has 2 aromatic carbocycles. The van der Waals surface area contributed by atoms with E-state index in [4.69, 9.17) is 10.8 Å². The molecule has 0 fully saturated rings. The molecule has 0 aliphatic carbocycles. The Balaban J connectivity index is 2.47. The van der Waals surface area contributed by atoms with E-state index >= 15 is 0 Å². The summed E-state index contributed by atoms with van der Waals surface area (Å²) >= 11 is 0. The van der Waals surface area contributed by atoms with E-state index < -0.39 is 16.0 Å². The fraction of sp³-hybridized carbons (Fsp3) is 0.0714. The number of nitrogens with two attached hydrogens (primary N) is 1. The Morgan fingerprint density at radius 3 is 2.48 bits per heavy atom. The summed E-state index contributed by atoms with van der Waals surface area (Å²) in [6.07, 6.45) is 0. The summed E-state index contributed by atoms with van der Waals surface area (Å²) in [5.41, 5.74) is 6.58. The highest BCUT2D eigenvalue weighted by atomic mass is 32.2. The monoisotopic (exact) mass is 306 g/mol. The minimum Gasteiger partial charge on any atom is -0.478 e. The molecule has 0 radical (unpaired) electrons. The molecule has 2 aromatic rings. The Hall–Kier alpha value is -2.54. The molecule has 0 spiro atoms. The van der Waals surface area contributed by atoms with Crippen molar-refractivity contribution in [3.8, 4) is 0 Å². The van der Waals surface area contributed by atoms with Gasteiger partial charge in [-0.05, 0) is 36.8 Å². The zero-order chi connectivity index (χ0) is 15.6. The number of benzene rings is 2. The van der Waals surface area contributed by atoms with Gasteiger partial charge >= 0.3 is 5.97 Å². The summed E-state index contributed by atoms with van der Waals surface area (Å²) in [5, 5.41) is 8.96. The third kappa shape index (κ3) is 3.14. The number of carbonyl (C=O) groups is 1. The maximum absolute atomic E-state index is 12.4. The third-order valence-corrected chi connectivity index (χ3v) is 4.44. The molecule has 4 N–H and O–H groups in total. The lowest BCUT2D eigenvalue weighted by molar-refractivity contribution is 0.0696. The molecule has 0 aliphatic rings. The van der Waals surface area contributed by atoms with Crippen LogP contribution in [0.3, 0.4) is 0 Å². The molecule has 2 rings (SSSR count). The number of nitrogens with one attached hydrogen (secondary N) is 1. The summed E-state index contributed by atoms with van der Waals surface area (Å²) in [5.74, 6) is -1.19. The van der Waals surface area contributed by atoms with Crippen LogP contribution in [0.25, 0.3) is 0 Å². The van der Waals surface area contributed by atoms with Crippen LogP contribution in [-0.4, -0.2) is 19.5 Å². The smallest absolute Gasteiger partial charge is 0.335 e. The fourth-order valence-corrected chi connectivity index (χ4v) is 3.17. The van der Waals surface area contributed by atoms with Crippen LogP contribution in [0.5, 0.6) is 0 Å². The van der Waals surface area contributed by atoms with Crippen LogP contribution in [0.15, 0.2) is 47.4 Å². The van der Waals surface area contributed by atoms with Crippen molar-refractivity contribution < 1.29 is 18.3 Å². The van der Waals surface area contributed by atoms with Gasteiger partial charge in [0, 0.05) is 0 Å². The number of aryl methyl sites for hydroxylation is 1. The summed E-state index contributed by atoms with van der Waals surface area (Å²) in [4.78, 5) is 10.9. The number of hydrogen-bond donors (Lipinski definition) is 3. The first-order valence-electron chi connectivity index (χ1n) is 6.02. The number of aromatic carboxylic acids is 1. The van der Waals surface area contributed by atoms with Crippen LogP contribution >= 0.6 is 0 Å². The molecule has 0 saturated heterocycles. The number of rotatable bonds is 4. The normalized spacial score (nSPS) is 11.1. The van der Waals surface area contributed by atoms with Crippen LogP contribution < -0.4 is 10.5 Å². The minimum absolute atomic E-state index is 0.0920. The molecule has 7 heteroatoms. The second-order valence-corrected chi connectivity index (χ2v) is 6.13. The maximum Gasteiger partial charge on any atom is 0.335 e. The summed E-state index contributed by atoms with van der Waals surface area (Å²) in [6.45, 7) is 1.59. The van der Waals surface area contributed by atoms with Crippen LogP contribution in [0.1, 0.15) is 15.9 Å². The molecule has 21 heavy (non-hydrogen) atoms. The zero-order valence-corrected chi connectivity index (χ0v) is 12.0. The Morgan fingerprint density at radius 1 is 1.19 bits per heavy atom. The van der Waals surface area contributed by atoms with Crippen molar-refractivity contribution in [3.63, 3.8) is 0 Å². The predicted molar refractivity (Wildman–Crippen MR) is 79.8 cm³/mol. The quantitative estimate of drug-likeness (QED) is 0.749. The molecule has 0 aliphatic heterocycles. The van der Waals surface area contributed by atoms with E-state index in [0.29, 0.717) is 5.56 Å². The van der Waals surface area contributed by atoms with Gasteiger partial charge in [0.25, 0.3) is 10.0 Å². The van der Waals surface area contributed by atoms with Gasteiger partial charge in [-0.2, -0.15) is 0 Å². The first kappa shape index (κ1) is 14.9. The average Bonchev–Trinajstić information content (AvgIpc) is 2.41. The van der Waals surface area contributed by atoms with Gasteiger partial charge in [-0.15, -0.1) is 0 Å². The molecular weight excluding hydrogens is 292 g/mol. The van der Waals surface area contributed by atoms with Crippen molar-refractivity contribution in [2.24, 2.45) is 0 Å². The largest absolute Gasteiger partial charge is 0.478 e. The lowest BCUT2D eigenvalue weighted by Gasteiger charge is -2.12. The molecular formula is C14H14N2O4S. The van der Waals surface area contributed by atoms with E-state index in [1.54, 1.807) is 25.1 Å². The van der Waals surface area contributed by atoms with E-state index in [2.05, 4.69) is 4.72 Å². The molecule has 0 bridgehead atoms. The van der Waals surface area contributed by atoms with Crippen LogP contribution in [0.4, 0.5) is 11.4 Å². The predicted octanol–water partition coefficient (Wildman–Crippen LogP) is 2.08. The van der Waals surface area contributed by atoms with Crippen LogP contribution in [0, 0.1) is 6.92 Å². The summed E-state index contributed by atoms with van der Waals surface area (Å²) in [6, 6.07) is 10.4. The van der Waals surface area contributed by atoms with E-state index in [1.807, 2.05) is 0 Å². The van der Waals surface area contributed by atoms with Gasteiger partial charge in [0.05, 0.1) is 21.8 Å². The van der Waals surface area contributed by atoms with Crippen molar-refractivity contribution in [3.05, 3.63) is 53.6 Å². The number of nitrogen functional groups attached to an aromatic ring is 1. The first-order valence-corrected chi connectivity index (χ1v) is 7.51. The molecule has 0 saturated carbocycles. The Kier molecular flexibility index (Phi) is 3.86. The van der Waals surface area contributed by atoms with Gasteiger partial charge in [0.15, 0.2) is 0 Å². The Labute approximate surface area is 122 Å². The SMILES string of the molecule is Cc1ccc(C(=O)O)cc1S(=O)(=O)Nc1ccccc1N. The topological polar surface area (TPSA) is 109 Å². The van der Waals surface area contributed by atoms with Crippen molar-refractivity contribution in [2.45, 2.75) is 11.8 Å². The van der Waals surface area contributed by atoms with Crippen molar-refractivity contribution in [2.75, 3.05) is 10.5 Å². The number of hydrogen-bond acceptors (Lipinski definition) is 4. The second-order valence-electron chi connectivity index (χ2n) is 4.48. The highest BCUT2D eigenvalue weighted by Crippen LogP contribution is 2.24. The molecule has 0 atom stereocenters. The van der Waals surface area contributed by atoms with E-state index in [1.165, 1.54) is 18.2 Å². The Bertz CT molecular complexity index is 800. The van der Waals surface area contributed by atoms with Crippen LogP contribution in [0.2, 0.25) is 0 Å². The average molecular weight is 306 g/mol. The van der Waals surface area contributed by atoms with Crippen molar-refractivity contribution in [1.29, 1.82) is 0 Å². The molecule has 110 valence electrons. The molecule has 0 unspecified atom stereocenters. The number of anilines is 2. The van der Waals surface area contributed by atoms with Gasteiger partial charge in [-0.1, -0.05) is 18.2 Å². The van der Waals surface area contributed by atoms with Gasteiger partial charge < -0.3 is 10.8 Å². The molecule has 0 amide bonds. The number of carboxylic acids is 1. The maximum atomic E-state index is 12.4. The summed E-state index contributed by atoms with van der Waals surface area (Å²) in [7, 11) is -3.92. The molecule has 0 heterocycles. The second kappa shape index (κ2) is 5.45. The van der Waals surface area contributed by atoms with Crippen molar-refractivity contribution in [1.82, 2.24) is 0 Å². The Morgan fingerprint density at radius 2 is 1.86 bits per heavy atom. The number of carboxylic acid groups (broad SMARTS) is 1. The number of sulfonamides is 1. The fourth-order valence-electron chi connectivity index (χ4n) is 1.81. The standard InChI is InChI=1S/C14H14N2O4S/c1-9-6-7-10(14(17)18)8-13(9)21(19,20)16-12-5-3-2-4-11(12)15/h2-8,16H,15H2,1H3,(H,17,18).